The van der Waals surface area contributed by atoms with Crippen LogP contribution in [0.15, 0.2) is 29.2 Å². The van der Waals surface area contributed by atoms with Gasteiger partial charge in [-0.25, -0.2) is 13.1 Å². The monoisotopic (exact) mass is 375 g/mol. The molecule has 0 unspecified atom stereocenters. The zero-order valence-electron chi connectivity index (χ0n) is 14.8. The van der Waals surface area contributed by atoms with Crippen molar-refractivity contribution in [2.45, 2.75) is 61.8 Å². The minimum Gasteiger partial charge on any atom is -0.357 e. The van der Waals surface area contributed by atoms with E-state index in [2.05, 4.69) is 9.71 Å². The molecular formula is C19H25N3O3S. The molecule has 0 saturated heterocycles. The predicted molar refractivity (Wildman–Crippen MR) is 100 cm³/mol. The number of fused-ring (bicyclic) bond motifs is 2. The van der Waals surface area contributed by atoms with Gasteiger partial charge in [-0.05, 0) is 43.7 Å². The highest BCUT2D eigenvalue weighted by molar-refractivity contribution is 7.90. The van der Waals surface area contributed by atoms with Gasteiger partial charge in [-0.15, -0.1) is 0 Å². The molecule has 1 aliphatic carbocycles. The molecule has 2 bridgehead atoms. The Morgan fingerprint density at radius 2 is 1.88 bits per heavy atom. The molecule has 1 fully saturated rings. The van der Waals surface area contributed by atoms with Gasteiger partial charge in [0.1, 0.15) is 4.90 Å². The lowest BCUT2D eigenvalue weighted by Gasteiger charge is -2.13. The van der Waals surface area contributed by atoms with E-state index in [1.807, 2.05) is 12.1 Å². The summed E-state index contributed by atoms with van der Waals surface area (Å²) in [5.41, 5.74) is 6.71. The Morgan fingerprint density at radius 3 is 2.73 bits per heavy atom. The van der Waals surface area contributed by atoms with E-state index in [4.69, 9.17) is 5.73 Å². The average molecular weight is 375 g/mol. The molecule has 1 amide bonds. The first-order valence-corrected chi connectivity index (χ1v) is 10.9. The first-order valence-electron chi connectivity index (χ1n) is 9.37. The Labute approximate surface area is 153 Å². The molecule has 2 atom stereocenters. The van der Waals surface area contributed by atoms with Gasteiger partial charge in [0, 0.05) is 11.1 Å². The molecule has 0 radical (unpaired) electrons. The minimum absolute atomic E-state index is 0.0819. The average Bonchev–Trinajstić information content (AvgIpc) is 3.08. The van der Waals surface area contributed by atoms with Crippen LogP contribution >= 0.6 is 0 Å². The Hall–Kier alpha value is -1.86. The maximum absolute atomic E-state index is 12.8. The fraction of sp³-hybridized carbons (Fsp3) is 0.526. The highest BCUT2D eigenvalue weighted by Crippen LogP contribution is 2.45. The molecule has 4 N–H and O–H groups in total. The van der Waals surface area contributed by atoms with E-state index in [-0.39, 0.29) is 10.8 Å². The summed E-state index contributed by atoms with van der Waals surface area (Å²) in [6, 6.07) is 7.10. The van der Waals surface area contributed by atoms with E-state index < -0.39 is 21.5 Å². The standard InChI is InChI=1S/C19H25N3O3S/c20-19-12-14(19)8-4-2-1-3-5-9-15-11-13-7-6-10-16(17(13)21-15)26(24,25)22-18(19)23/h6-7,10-11,14,21H,1-5,8-9,12,20H2,(H,22,23)/t14-,19+/m0/s1. The molecule has 2 heterocycles. The first-order chi connectivity index (χ1) is 12.4. The van der Waals surface area contributed by atoms with Gasteiger partial charge >= 0.3 is 0 Å². The van der Waals surface area contributed by atoms with E-state index in [0.29, 0.717) is 11.9 Å². The summed E-state index contributed by atoms with van der Waals surface area (Å²) < 4.78 is 27.9. The number of carbonyl (C=O) groups is 1. The summed E-state index contributed by atoms with van der Waals surface area (Å²) in [6.45, 7) is 0. The topological polar surface area (TPSA) is 105 Å². The Bertz CT molecular complexity index is 950. The number of aromatic nitrogens is 1. The molecule has 2 aromatic rings. The number of para-hydroxylation sites is 1. The third kappa shape index (κ3) is 3.14. The van der Waals surface area contributed by atoms with Gasteiger partial charge in [-0.2, -0.15) is 0 Å². The van der Waals surface area contributed by atoms with Gasteiger partial charge in [-0.1, -0.05) is 37.8 Å². The van der Waals surface area contributed by atoms with Crippen molar-refractivity contribution in [1.82, 2.24) is 9.71 Å². The van der Waals surface area contributed by atoms with Crippen molar-refractivity contribution in [3.05, 3.63) is 30.0 Å². The summed E-state index contributed by atoms with van der Waals surface area (Å²) >= 11 is 0. The molecule has 4 rings (SSSR count). The molecule has 6 nitrogen and oxygen atoms in total. The molecule has 7 heteroatoms. The van der Waals surface area contributed by atoms with E-state index >= 15 is 0 Å². The molecule has 0 spiro atoms. The molecule has 1 saturated carbocycles. The maximum Gasteiger partial charge on any atom is 0.266 e. The number of hydrogen-bond donors (Lipinski definition) is 3. The Balaban J connectivity index is 1.71. The van der Waals surface area contributed by atoms with Crippen molar-refractivity contribution in [3.8, 4) is 0 Å². The van der Waals surface area contributed by atoms with Crippen LogP contribution < -0.4 is 10.5 Å². The quantitative estimate of drug-likeness (QED) is 0.658. The molecule has 1 aliphatic heterocycles. The lowest BCUT2D eigenvalue weighted by atomic mass is 10.0. The van der Waals surface area contributed by atoms with Crippen LogP contribution in [0.25, 0.3) is 10.9 Å². The van der Waals surface area contributed by atoms with Gasteiger partial charge in [0.15, 0.2) is 0 Å². The number of benzene rings is 1. The predicted octanol–water partition coefficient (Wildman–Crippen LogP) is 2.59. The SMILES string of the molecule is N[C@]12C[C@@H]1CCCCCCCc1cc3cccc(c3[nH]1)S(=O)(=O)NC2=O. The van der Waals surface area contributed by atoms with Crippen molar-refractivity contribution in [1.29, 1.82) is 0 Å². The van der Waals surface area contributed by atoms with Gasteiger partial charge in [-0.3, -0.25) is 4.79 Å². The number of sulfonamides is 1. The van der Waals surface area contributed by atoms with Gasteiger partial charge in [0.25, 0.3) is 15.9 Å². The van der Waals surface area contributed by atoms with E-state index in [0.717, 1.165) is 49.6 Å². The number of nitrogens with one attached hydrogen (secondary N) is 2. The van der Waals surface area contributed by atoms with Crippen molar-refractivity contribution in [2.24, 2.45) is 11.7 Å². The second-order valence-electron chi connectivity index (χ2n) is 7.70. The minimum atomic E-state index is -3.97. The number of aryl methyl sites for hydroxylation is 1. The number of amides is 1. The lowest BCUT2D eigenvalue weighted by molar-refractivity contribution is -0.121. The lowest BCUT2D eigenvalue weighted by Crippen LogP contribution is -2.46. The van der Waals surface area contributed by atoms with Gasteiger partial charge in [0.2, 0.25) is 0 Å². The van der Waals surface area contributed by atoms with Gasteiger partial charge < -0.3 is 10.7 Å². The third-order valence-electron chi connectivity index (χ3n) is 5.76. The normalized spacial score (nSPS) is 29.3. The van der Waals surface area contributed by atoms with Crippen LogP contribution in [0.2, 0.25) is 0 Å². The first kappa shape index (κ1) is 17.5. The summed E-state index contributed by atoms with van der Waals surface area (Å²) in [7, 11) is -3.97. The van der Waals surface area contributed by atoms with E-state index in [1.165, 1.54) is 12.5 Å². The number of hydrogen-bond acceptors (Lipinski definition) is 4. The Kier molecular flexibility index (Phi) is 4.31. The summed E-state index contributed by atoms with van der Waals surface area (Å²) in [4.78, 5) is 15.9. The van der Waals surface area contributed by atoms with Crippen molar-refractivity contribution in [2.75, 3.05) is 0 Å². The second kappa shape index (κ2) is 6.39. The number of nitrogens with two attached hydrogens (primary N) is 1. The zero-order chi connectivity index (χ0) is 18.4. The van der Waals surface area contributed by atoms with Crippen LogP contribution in [-0.4, -0.2) is 24.8 Å². The number of aromatic amines is 1. The van der Waals surface area contributed by atoms with Crippen LogP contribution in [0.4, 0.5) is 0 Å². The van der Waals surface area contributed by atoms with Crippen LogP contribution in [0.3, 0.4) is 0 Å². The summed E-state index contributed by atoms with van der Waals surface area (Å²) in [5, 5.41) is 0.839. The molecule has 2 aliphatic rings. The fourth-order valence-corrected chi connectivity index (χ4v) is 5.28. The van der Waals surface area contributed by atoms with Crippen LogP contribution in [0.5, 0.6) is 0 Å². The summed E-state index contributed by atoms with van der Waals surface area (Å²) in [6.07, 6.45) is 7.92. The number of H-pyrrole nitrogens is 1. The van der Waals surface area contributed by atoms with Crippen LogP contribution in [-0.2, 0) is 21.2 Å². The molecule has 140 valence electrons. The summed E-state index contributed by atoms with van der Waals surface area (Å²) in [5.74, 6) is -0.503. The van der Waals surface area contributed by atoms with Crippen molar-refractivity contribution >= 4 is 26.8 Å². The molecular weight excluding hydrogens is 350 g/mol. The number of rotatable bonds is 0. The molecule has 1 aromatic heterocycles. The van der Waals surface area contributed by atoms with E-state index in [9.17, 15) is 13.2 Å². The fourth-order valence-electron chi connectivity index (χ4n) is 4.04. The maximum atomic E-state index is 12.8. The largest absolute Gasteiger partial charge is 0.357 e. The molecule has 1 aromatic carbocycles. The van der Waals surface area contributed by atoms with Crippen LogP contribution in [0, 0.1) is 5.92 Å². The third-order valence-corrected chi connectivity index (χ3v) is 7.14. The van der Waals surface area contributed by atoms with Crippen molar-refractivity contribution < 1.29 is 13.2 Å². The highest BCUT2D eigenvalue weighted by Gasteiger charge is 2.57. The molecule has 26 heavy (non-hydrogen) atoms. The second-order valence-corrected chi connectivity index (χ2v) is 9.35. The van der Waals surface area contributed by atoms with Crippen LogP contribution in [0.1, 0.15) is 50.6 Å². The van der Waals surface area contributed by atoms with E-state index in [1.54, 1.807) is 6.07 Å². The number of carbonyl (C=O) groups excluding carboxylic acids is 1. The Morgan fingerprint density at radius 1 is 1.12 bits per heavy atom. The zero-order valence-corrected chi connectivity index (χ0v) is 15.6. The highest BCUT2D eigenvalue weighted by atomic mass is 32.2. The van der Waals surface area contributed by atoms with Crippen molar-refractivity contribution in [3.63, 3.8) is 0 Å². The smallest absolute Gasteiger partial charge is 0.266 e. The van der Waals surface area contributed by atoms with Gasteiger partial charge in [0.05, 0.1) is 11.1 Å².